The van der Waals surface area contributed by atoms with E-state index in [1.54, 1.807) is 10.6 Å². The topological polar surface area (TPSA) is 67.2 Å². The van der Waals surface area contributed by atoms with Crippen LogP contribution in [-0.2, 0) is 11.3 Å². The summed E-state index contributed by atoms with van der Waals surface area (Å²) in [6.07, 6.45) is 4.73. The average Bonchev–Trinajstić information content (AvgIpc) is 3.52. The SMILES string of the molecule is CCn1c(SCC(=O)NC2CCN(C3CC3)CC2)nc2ccccc2c1=O. The Kier molecular flexibility index (Phi) is 5.50. The molecular weight excluding hydrogens is 360 g/mol. The molecule has 1 aromatic heterocycles. The second-order valence-corrected chi connectivity index (χ2v) is 8.30. The van der Waals surface area contributed by atoms with Crippen LogP contribution in [0.4, 0.5) is 0 Å². The van der Waals surface area contributed by atoms with Gasteiger partial charge in [-0.15, -0.1) is 0 Å². The lowest BCUT2D eigenvalue weighted by Gasteiger charge is -2.32. The highest BCUT2D eigenvalue weighted by atomic mass is 32.2. The van der Waals surface area contributed by atoms with Gasteiger partial charge in [0, 0.05) is 31.7 Å². The monoisotopic (exact) mass is 386 g/mol. The highest BCUT2D eigenvalue weighted by Gasteiger charge is 2.32. The molecule has 2 heterocycles. The summed E-state index contributed by atoms with van der Waals surface area (Å²) in [5, 5.41) is 4.39. The molecule has 144 valence electrons. The number of benzene rings is 1. The Hall–Kier alpha value is -1.86. The maximum atomic E-state index is 12.6. The Balaban J connectivity index is 1.36. The predicted molar refractivity (Wildman–Crippen MR) is 108 cm³/mol. The van der Waals surface area contributed by atoms with Gasteiger partial charge in [-0.2, -0.15) is 0 Å². The number of likely N-dealkylation sites (tertiary alicyclic amines) is 1. The Morgan fingerprint density at radius 2 is 1.96 bits per heavy atom. The summed E-state index contributed by atoms with van der Waals surface area (Å²) in [5.41, 5.74) is 0.640. The van der Waals surface area contributed by atoms with Crippen LogP contribution in [-0.4, -0.2) is 51.3 Å². The lowest BCUT2D eigenvalue weighted by molar-refractivity contribution is -0.119. The molecule has 1 amide bonds. The van der Waals surface area contributed by atoms with Crippen LogP contribution in [0.15, 0.2) is 34.2 Å². The Morgan fingerprint density at radius 3 is 2.67 bits per heavy atom. The van der Waals surface area contributed by atoms with Gasteiger partial charge in [0.05, 0.1) is 16.7 Å². The van der Waals surface area contributed by atoms with Crippen molar-refractivity contribution in [3.05, 3.63) is 34.6 Å². The van der Waals surface area contributed by atoms with Crippen LogP contribution in [0.1, 0.15) is 32.6 Å². The molecule has 4 rings (SSSR count). The van der Waals surface area contributed by atoms with Crippen LogP contribution in [0.2, 0.25) is 0 Å². The highest BCUT2D eigenvalue weighted by molar-refractivity contribution is 7.99. The first kappa shape index (κ1) is 18.5. The number of carbonyl (C=O) groups excluding carboxylic acids is 1. The molecule has 1 aromatic carbocycles. The largest absolute Gasteiger partial charge is 0.353 e. The molecule has 2 aromatic rings. The number of aromatic nitrogens is 2. The zero-order chi connectivity index (χ0) is 18.8. The smallest absolute Gasteiger partial charge is 0.262 e. The van der Waals surface area contributed by atoms with Gasteiger partial charge in [0.25, 0.3) is 5.56 Å². The number of rotatable bonds is 6. The zero-order valence-electron chi connectivity index (χ0n) is 15.7. The molecule has 7 heteroatoms. The minimum absolute atomic E-state index is 0.0231. The molecule has 0 bridgehead atoms. The van der Waals surface area contributed by atoms with Gasteiger partial charge in [-0.25, -0.2) is 4.98 Å². The Bertz CT molecular complexity index is 885. The molecule has 27 heavy (non-hydrogen) atoms. The van der Waals surface area contributed by atoms with Gasteiger partial charge in [0.15, 0.2) is 5.16 Å². The molecule has 1 N–H and O–H groups in total. The predicted octanol–water partition coefficient (Wildman–Crippen LogP) is 2.25. The highest BCUT2D eigenvalue weighted by Crippen LogP contribution is 2.29. The maximum Gasteiger partial charge on any atom is 0.262 e. The van der Waals surface area contributed by atoms with Crippen molar-refractivity contribution in [3.63, 3.8) is 0 Å². The zero-order valence-corrected chi connectivity index (χ0v) is 16.5. The Labute approximate surface area is 163 Å². The number of piperidine rings is 1. The number of amides is 1. The molecule has 6 nitrogen and oxygen atoms in total. The van der Waals surface area contributed by atoms with E-state index in [0.29, 0.717) is 22.6 Å². The first-order valence-corrected chi connectivity index (χ1v) is 10.8. The minimum Gasteiger partial charge on any atom is -0.353 e. The molecule has 1 aliphatic heterocycles. The second-order valence-electron chi connectivity index (χ2n) is 7.36. The summed E-state index contributed by atoms with van der Waals surface area (Å²) in [7, 11) is 0. The van der Waals surface area contributed by atoms with Crippen molar-refractivity contribution in [3.8, 4) is 0 Å². The summed E-state index contributed by atoms with van der Waals surface area (Å²) in [6.45, 7) is 4.64. The van der Waals surface area contributed by atoms with E-state index in [9.17, 15) is 9.59 Å². The normalized spacial score (nSPS) is 18.7. The summed E-state index contributed by atoms with van der Waals surface area (Å²) in [4.78, 5) is 32.2. The second kappa shape index (κ2) is 8.02. The number of nitrogens with zero attached hydrogens (tertiary/aromatic N) is 3. The Morgan fingerprint density at radius 1 is 1.22 bits per heavy atom. The van der Waals surface area contributed by atoms with E-state index in [-0.39, 0.29) is 23.3 Å². The van der Waals surface area contributed by atoms with E-state index in [0.717, 1.165) is 32.0 Å². The molecule has 1 saturated carbocycles. The van der Waals surface area contributed by atoms with Gasteiger partial charge in [-0.05, 0) is 44.7 Å². The molecule has 1 aliphatic carbocycles. The quantitative estimate of drug-likeness (QED) is 0.609. The molecule has 0 atom stereocenters. The molecule has 1 saturated heterocycles. The lowest BCUT2D eigenvalue weighted by Crippen LogP contribution is -2.45. The number of para-hydroxylation sites is 1. The van der Waals surface area contributed by atoms with Crippen LogP contribution in [0.3, 0.4) is 0 Å². The summed E-state index contributed by atoms with van der Waals surface area (Å²) >= 11 is 1.34. The van der Waals surface area contributed by atoms with Crippen LogP contribution >= 0.6 is 11.8 Å². The third-order valence-corrected chi connectivity index (χ3v) is 6.41. The van der Waals surface area contributed by atoms with Gasteiger partial charge in [-0.1, -0.05) is 23.9 Å². The summed E-state index contributed by atoms with van der Waals surface area (Å²) < 4.78 is 1.65. The first-order valence-electron chi connectivity index (χ1n) is 9.81. The van der Waals surface area contributed by atoms with Crippen LogP contribution in [0, 0.1) is 0 Å². The summed E-state index contributed by atoms with van der Waals surface area (Å²) in [6, 6.07) is 8.44. The van der Waals surface area contributed by atoms with E-state index in [1.807, 2.05) is 25.1 Å². The molecule has 0 spiro atoms. The third-order valence-electron chi connectivity index (χ3n) is 5.43. The van der Waals surface area contributed by atoms with Gasteiger partial charge >= 0.3 is 0 Å². The fraction of sp³-hybridized carbons (Fsp3) is 0.550. The van der Waals surface area contributed by atoms with E-state index in [4.69, 9.17) is 0 Å². The fourth-order valence-electron chi connectivity index (χ4n) is 3.78. The molecule has 2 fully saturated rings. The number of hydrogen-bond donors (Lipinski definition) is 1. The third kappa shape index (κ3) is 4.19. The van der Waals surface area contributed by atoms with Crippen molar-refractivity contribution in [1.82, 2.24) is 19.8 Å². The van der Waals surface area contributed by atoms with Crippen molar-refractivity contribution in [2.45, 2.75) is 56.4 Å². The lowest BCUT2D eigenvalue weighted by atomic mass is 10.1. The van der Waals surface area contributed by atoms with Crippen molar-refractivity contribution in [2.75, 3.05) is 18.8 Å². The van der Waals surface area contributed by atoms with Crippen molar-refractivity contribution in [1.29, 1.82) is 0 Å². The van der Waals surface area contributed by atoms with Crippen LogP contribution < -0.4 is 10.9 Å². The van der Waals surface area contributed by atoms with Gasteiger partial charge < -0.3 is 10.2 Å². The average molecular weight is 387 g/mol. The number of fused-ring (bicyclic) bond motifs is 1. The van der Waals surface area contributed by atoms with E-state index >= 15 is 0 Å². The molecule has 2 aliphatic rings. The van der Waals surface area contributed by atoms with Crippen LogP contribution in [0.5, 0.6) is 0 Å². The summed E-state index contributed by atoms with van der Waals surface area (Å²) in [5.74, 6) is 0.308. The maximum absolute atomic E-state index is 12.6. The molecular formula is C20H26N4O2S. The van der Waals surface area contributed by atoms with Crippen LogP contribution in [0.25, 0.3) is 10.9 Å². The number of nitrogens with one attached hydrogen (secondary N) is 1. The minimum atomic E-state index is -0.0431. The number of carbonyl (C=O) groups is 1. The first-order chi connectivity index (χ1) is 13.2. The van der Waals surface area contributed by atoms with E-state index in [2.05, 4.69) is 15.2 Å². The molecule has 0 radical (unpaired) electrons. The van der Waals surface area contributed by atoms with Gasteiger partial charge in [0.2, 0.25) is 5.91 Å². The van der Waals surface area contributed by atoms with Crippen molar-refractivity contribution in [2.24, 2.45) is 0 Å². The van der Waals surface area contributed by atoms with E-state index < -0.39 is 0 Å². The number of hydrogen-bond acceptors (Lipinski definition) is 5. The van der Waals surface area contributed by atoms with Gasteiger partial charge in [-0.3, -0.25) is 14.2 Å². The van der Waals surface area contributed by atoms with Crippen molar-refractivity contribution < 1.29 is 4.79 Å². The standard InChI is InChI=1S/C20H26N4O2S/c1-2-24-19(26)16-5-3-4-6-17(16)22-20(24)27-13-18(25)21-14-9-11-23(12-10-14)15-7-8-15/h3-6,14-15H,2,7-13H2,1H3,(H,21,25). The number of thioether (sulfide) groups is 1. The van der Waals surface area contributed by atoms with Crippen molar-refractivity contribution >= 4 is 28.6 Å². The molecule has 0 unspecified atom stereocenters. The van der Waals surface area contributed by atoms with Gasteiger partial charge in [0.1, 0.15) is 0 Å². The van der Waals surface area contributed by atoms with E-state index in [1.165, 1.54) is 24.6 Å². The fourth-order valence-corrected chi connectivity index (χ4v) is 4.66.